The van der Waals surface area contributed by atoms with Crippen molar-refractivity contribution in [3.63, 3.8) is 0 Å². The number of aliphatic hydroxyl groups is 1. The molecule has 1 N–H and O–H groups in total. The lowest BCUT2D eigenvalue weighted by atomic mass is 9.91. The number of thioether (sulfide) groups is 1. The van der Waals surface area contributed by atoms with E-state index in [1.807, 2.05) is 27.7 Å². The van der Waals surface area contributed by atoms with Gasteiger partial charge in [-0.25, -0.2) is 0 Å². The number of aliphatic hydroxyl groups excluding tert-OH is 1. The van der Waals surface area contributed by atoms with Crippen LogP contribution in [0.4, 0.5) is 0 Å². The Labute approximate surface area is 395 Å². The summed E-state index contributed by atoms with van der Waals surface area (Å²) in [4.78, 5) is 57.8. The zero-order chi connectivity index (χ0) is 48.2. The van der Waals surface area contributed by atoms with Gasteiger partial charge in [-0.1, -0.05) is 131 Å². The number of unbranched alkanes of at least 4 members (excludes halogenated alkanes) is 15. The molecule has 2 rings (SSSR count). The molecule has 2 saturated carbocycles. The zero-order valence-electron chi connectivity index (χ0n) is 42.5. The monoisotopic (exact) mass is 929 g/mol. The smallest absolute Gasteiger partial charge is 0.312 e. The fourth-order valence-electron chi connectivity index (χ4n) is 7.53. The number of carbonyl (C=O) groups excluding carboxylic acids is 5. The van der Waals surface area contributed by atoms with Crippen LogP contribution >= 0.6 is 11.8 Å². The lowest BCUT2D eigenvalue weighted by Crippen LogP contribution is -2.31. The van der Waals surface area contributed by atoms with E-state index in [4.69, 9.17) is 23.7 Å². The van der Waals surface area contributed by atoms with E-state index in [0.717, 1.165) is 31.6 Å². The molecular weight excluding hydrogens is 833 g/mol. The highest BCUT2D eigenvalue weighted by Gasteiger charge is 2.41. The molecule has 0 aliphatic heterocycles. The van der Waals surface area contributed by atoms with E-state index in [1.54, 1.807) is 27.7 Å². The average Bonchev–Trinajstić information content (AvgIpc) is 3.91. The Hall–Kier alpha value is -2.34. The quantitative estimate of drug-likeness (QED) is 0.0371. The predicted octanol–water partition coefficient (Wildman–Crippen LogP) is 12.5. The number of carbonyl (C=O) groups is 5. The van der Waals surface area contributed by atoms with Crippen LogP contribution in [0.1, 0.15) is 223 Å². The molecule has 64 heavy (non-hydrogen) atoms. The molecule has 11 nitrogen and oxygen atoms in total. The molecule has 5 unspecified atom stereocenters. The van der Waals surface area contributed by atoms with Gasteiger partial charge in [0.1, 0.15) is 25.4 Å². The van der Waals surface area contributed by atoms with Crippen molar-refractivity contribution in [3.8, 4) is 0 Å². The van der Waals surface area contributed by atoms with E-state index in [-0.39, 0.29) is 49.6 Å². The maximum absolute atomic E-state index is 11.8. The summed E-state index contributed by atoms with van der Waals surface area (Å²) < 4.78 is 25.4. The van der Waals surface area contributed by atoms with Crippen LogP contribution in [-0.4, -0.2) is 85.6 Å². The van der Waals surface area contributed by atoms with Crippen molar-refractivity contribution in [3.05, 3.63) is 0 Å². The van der Waals surface area contributed by atoms with Gasteiger partial charge in [0.05, 0.1) is 36.9 Å². The third-order valence-electron chi connectivity index (χ3n) is 12.6. The predicted molar refractivity (Wildman–Crippen MR) is 260 cm³/mol. The van der Waals surface area contributed by atoms with E-state index in [0.29, 0.717) is 36.9 Å². The summed E-state index contributed by atoms with van der Waals surface area (Å²) in [6.45, 7) is 17.4. The lowest BCUT2D eigenvalue weighted by molar-refractivity contribution is -0.160. The Morgan fingerprint density at radius 3 is 1.66 bits per heavy atom. The second-order valence-electron chi connectivity index (χ2n) is 19.6. The minimum atomic E-state index is -1.05. The second-order valence-corrected chi connectivity index (χ2v) is 20.7. The molecule has 0 amide bonds. The second kappa shape index (κ2) is 37.7. The van der Waals surface area contributed by atoms with Gasteiger partial charge in [0.2, 0.25) is 0 Å². The van der Waals surface area contributed by atoms with Crippen LogP contribution in [-0.2, 0) is 47.7 Å². The first-order chi connectivity index (χ1) is 30.5. The molecule has 0 aromatic rings. The van der Waals surface area contributed by atoms with Crippen molar-refractivity contribution in [2.24, 2.45) is 28.6 Å². The Bertz CT molecular complexity index is 1240. The number of hydrogen-bond acceptors (Lipinski definition) is 12. The molecule has 5 atom stereocenters. The molecule has 2 aliphatic rings. The van der Waals surface area contributed by atoms with Crippen molar-refractivity contribution in [1.29, 1.82) is 0 Å². The minimum Gasteiger partial charge on any atom is -0.469 e. The van der Waals surface area contributed by atoms with Gasteiger partial charge in [0.15, 0.2) is 0 Å². The topological polar surface area (TPSA) is 152 Å². The van der Waals surface area contributed by atoms with Crippen LogP contribution in [0.25, 0.3) is 0 Å². The summed E-state index contributed by atoms with van der Waals surface area (Å²) in [5.74, 6) is 1.49. The molecule has 0 saturated heterocycles. The number of rotatable bonds is 34. The normalized spacial score (nSPS) is 17.5. The lowest BCUT2D eigenvalue weighted by Gasteiger charge is -2.21. The third kappa shape index (κ3) is 30.8. The van der Waals surface area contributed by atoms with Crippen molar-refractivity contribution in [2.75, 3.05) is 38.4 Å². The standard InChI is InChI=1S/C23H46O2.C18H32O7S.C11H18O2/c1-4-6-7-8-9-10-11-12-13-14-15-16-17-18-19-20-21-25-23(24)22(3)5-2;1-7-17(2,3)16(22)25-11-13(19)10-24-14(20)8-9-26-12-18(4,5)15(21)23-6;1-2-3-11(12)13-10-7-8-4-5-9(10)6-8/h22H,4-21H2,1-3H3;13,19H,7-12H2,1-6H3;8-10H,2-7H2,1H3. The van der Waals surface area contributed by atoms with Crippen molar-refractivity contribution in [1.82, 2.24) is 0 Å². The first kappa shape index (κ1) is 61.7. The molecule has 0 heterocycles. The van der Waals surface area contributed by atoms with Crippen LogP contribution in [0.2, 0.25) is 0 Å². The number of esters is 5. The fourth-order valence-corrected chi connectivity index (χ4v) is 8.62. The maximum Gasteiger partial charge on any atom is 0.312 e. The largest absolute Gasteiger partial charge is 0.469 e. The molecule has 2 aliphatic carbocycles. The van der Waals surface area contributed by atoms with E-state index >= 15 is 0 Å². The maximum atomic E-state index is 11.8. The van der Waals surface area contributed by atoms with Crippen LogP contribution in [0.15, 0.2) is 0 Å². The summed E-state index contributed by atoms with van der Waals surface area (Å²) in [6.07, 6.45) is 29.4. The van der Waals surface area contributed by atoms with Crippen molar-refractivity contribution in [2.45, 2.75) is 235 Å². The Kier molecular flexibility index (Phi) is 36.3. The van der Waals surface area contributed by atoms with Crippen molar-refractivity contribution < 1.29 is 52.8 Å². The number of methoxy groups -OCH3 is 1. The third-order valence-corrected chi connectivity index (χ3v) is 14.0. The number of fused-ring (bicyclic) bond motifs is 2. The summed E-state index contributed by atoms with van der Waals surface area (Å²) in [7, 11) is 1.35. The van der Waals surface area contributed by atoms with E-state index in [1.165, 1.54) is 134 Å². The first-order valence-electron chi connectivity index (χ1n) is 25.5. The van der Waals surface area contributed by atoms with Gasteiger partial charge in [0, 0.05) is 17.9 Å². The molecule has 0 aromatic heterocycles. The van der Waals surface area contributed by atoms with E-state index < -0.39 is 28.9 Å². The highest BCUT2D eigenvalue weighted by molar-refractivity contribution is 7.99. The summed E-state index contributed by atoms with van der Waals surface area (Å²) >= 11 is 1.45. The molecule has 2 bridgehead atoms. The Balaban J connectivity index is 0.000000975. The Morgan fingerprint density at radius 2 is 1.19 bits per heavy atom. The van der Waals surface area contributed by atoms with Gasteiger partial charge in [-0.15, -0.1) is 0 Å². The highest BCUT2D eigenvalue weighted by Crippen LogP contribution is 2.46. The summed E-state index contributed by atoms with van der Waals surface area (Å²) in [5.41, 5.74) is -1.22. The van der Waals surface area contributed by atoms with Gasteiger partial charge in [-0.3, -0.25) is 24.0 Å². The molecule has 0 aromatic carbocycles. The number of hydrogen-bond donors (Lipinski definition) is 1. The molecular formula is C52H96O11S. The van der Waals surface area contributed by atoms with Crippen LogP contribution in [0.5, 0.6) is 0 Å². The van der Waals surface area contributed by atoms with E-state index in [9.17, 15) is 29.1 Å². The highest BCUT2D eigenvalue weighted by atomic mass is 32.2. The SMILES string of the molecule is CCC(C)(C)C(=O)OCC(O)COC(=O)CCSCC(C)(C)C(=O)OC.CCCC(=O)OC1CC2CCC1C2.CCCCCCCCCCCCCCCCCCOC(=O)C(C)CC. The van der Waals surface area contributed by atoms with Gasteiger partial charge in [-0.05, 0) is 90.9 Å². The Morgan fingerprint density at radius 1 is 0.641 bits per heavy atom. The molecule has 376 valence electrons. The first-order valence-corrected chi connectivity index (χ1v) is 26.7. The van der Waals surface area contributed by atoms with Crippen molar-refractivity contribution >= 4 is 41.6 Å². The van der Waals surface area contributed by atoms with Gasteiger partial charge >= 0.3 is 29.8 Å². The van der Waals surface area contributed by atoms with Crippen LogP contribution in [0, 0.1) is 28.6 Å². The summed E-state index contributed by atoms with van der Waals surface area (Å²) in [6, 6.07) is 0. The molecule has 2 fully saturated rings. The van der Waals surface area contributed by atoms with Gasteiger partial charge in [-0.2, -0.15) is 11.8 Å². The number of ether oxygens (including phenoxy) is 5. The van der Waals surface area contributed by atoms with Gasteiger partial charge in [0.25, 0.3) is 0 Å². The minimum absolute atomic E-state index is 0.0139. The van der Waals surface area contributed by atoms with Crippen LogP contribution < -0.4 is 0 Å². The van der Waals surface area contributed by atoms with E-state index in [2.05, 4.69) is 6.92 Å². The van der Waals surface area contributed by atoms with Gasteiger partial charge < -0.3 is 28.8 Å². The molecule has 0 spiro atoms. The summed E-state index contributed by atoms with van der Waals surface area (Å²) in [5, 5.41) is 9.74. The van der Waals surface area contributed by atoms with Crippen LogP contribution in [0.3, 0.4) is 0 Å². The molecule has 12 heteroatoms. The fraction of sp³-hybridized carbons (Fsp3) is 0.904. The zero-order valence-corrected chi connectivity index (χ0v) is 43.4. The molecule has 0 radical (unpaired) electrons. The average molecular weight is 929 g/mol.